The summed E-state index contributed by atoms with van der Waals surface area (Å²) in [6.45, 7) is 8.63. The van der Waals surface area contributed by atoms with Crippen molar-refractivity contribution in [2.75, 3.05) is 6.61 Å². The van der Waals surface area contributed by atoms with E-state index < -0.39 is 8.32 Å². The van der Waals surface area contributed by atoms with Crippen LogP contribution in [0.1, 0.15) is 13.3 Å². The lowest BCUT2D eigenvalue weighted by Crippen LogP contribution is -2.25. The Kier molecular flexibility index (Phi) is 2.80. The molecule has 0 bridgehead atoms. The fourth-order valence-corrected chi connectivity index (χ4v) is 2.32. The smallest absolute Gasteiger partial charge is 0.337 e. The topological polar surface area (TPSA) is 35.5 Å². The molecule has 1 aliphatic rings. The van der Waals surface area contributed by atoms with Gasteiger partial charge in [0.15, 0.2) is 0 Å². The number of cyclic esters (lactones) is 1. The Labute approximate surface area is 79.9 Å². The molecule has 1 fully saturated rings. The zero-order valence-electron chi connectivity index (χ0n) is 8.64. The van der Waals surface area contributed by atoms with E-state index in [9.17, 15) is 4.79 Å². The van der Waals surface area contributed by atoms with Crippen LogP contribution in [0.3, 0.4) is 0 Å². The number of esters is 1. The van der Waals surface area contributed by atoms with Crippen molar-refractivity contribution in [2.45, 2.75) is 33.0 Å². The molecule has 0 aromatic carbocycles. The van der Waals surface area contributed by atoms with Gasteiger partial charge in [-0.3, -0.25) is 0 Å². The first-order valence-corrected chi connectivity index (χ1v) is 7.87. The van der Waals surface area contributed by atoms with Crippen LogP contribution < -0.4 is 0 Å². The second kappa shape index (κ2) is 3.53. The highest BCUT2D eigenvalue weighted by Gasteiger charge is 2.25. The highest BCUT2D eigenvalue weighted by Crippen LogP contribution is 2.21. The molecule has 0 spiro atoms. The number of hydrogen-bond donors (Lipinski definition) is 0. The van der Waals surface area contributed by atoms with Gasteiger partial charge in [-0.15, -0.1) is 0 Å². The van der Waals surface area contributed by atoms with E-state index in [0.29, 0.717) is 18.6 Å². The number of carbonyl (C=O) groups is 1. The van der Waals surface area contributed by atoms with Gasteiger partial charge in [-0.25, -0.2) is 4.79 Å². The van der Waals surface area contributed by atoms with Gasteiger partial charge in [0.2, 0.25) is 8.32 Å². The molecule has 1 aliphatic heterocycles. The second-order valence-corrected chi connectivity index (χ2v) is 8.56. The van der Waals surface area contributed by atoms with Crippen molar-refractivity contribution in [1.29, 1.82) is 0 Å². The molecule has 13 heavy (non-hydrogen) atoms. The molecule has 3 nitrogen and oxygen atoms in total. The summed E-state index contributed by atoms with van der Waals surface area (Å²) in [6.07, 6.45) is 0.690. The van der Waals surface area contributed by atoms with Crippen molar-refractivity contribution in [2.24, 2.45) is 0 Å². The molecule has 0 aromatic heterocycles. The lowest BCUT2D eigenvalue weighted by Gasteiger charge is -2.20. The Balaban J connectivity index is 2.74. The molecule has 0 amide bonds. The van der Waals surface area contributed by atoms with Gasteiger partial charge >= 0.3 is 5.97 Å². The molecule has 1 heterocycles. The third-order valence-corrected chi connectivity index (χ3v) is 2.63. The number of rotatable bonds is 2. The van der Waals surface area contributed by atoms with Crippen molar-refractivity contribution in [1.82, 2.24) is 0 Å². The van der Waals surface area contributed by atoms with Crippen molar-refractivity contribution in [3.05, 3.63) is 11.3 Å². The standard InChI is InChI=1S/C9H16O3Si/c1-7(12-13(2,3)4)8-5-6-11-9(8)10/h5-6H2,1-4H3/b8-7-. The summed E-state index contributed by atoms with van der Waals surface area (Å²) in [5.74, 6) is 0.539. The minimum atomic E-state index is -1.58. The van der Waals surface area contributed by atoms with Gasteiger partial charge in [0.25, 0.3) is 0 Å². The average molecular weight is 200 g/mol. The number of allylic oxidation sites excluding steroid dienone is 1. The normalized spacial score (nSPS) is 21.4. The third-order valence-electron chi connectivity index (χ3n) is 1.72. The molecule has 0 aliphatic carbocycles. The van der Waals surface area contributed by atoms with Gasteiger partial charge < -0.3 is 9.16 Å². The van der Waals surface area contributed by atoms with Gasteiger partial charge in [-0.1, -0.05) is 0 Å². The third kappa shape index (κ3) is 2.88. The van der Waals surface area contributed by atoms with E-state index in [1.807, 2.05) is 6.92 Å². The average Bonchev–Trinajstić information content (AvgIpc) is 2.30. The van der Waals surface area contributed by atoms with E-state index in [0.717, 1.165) is 5.76 Å². The Morgan fingerprint density at radius 3 is 2.46 bits per heavy atom. The summed E-state index contributed by atoms with van der Waals surface area (Å²) >= 11 is 0. The van der Waals surface area contributed by atoms with Gasteiger partial charge in [-0.05, 0) is 26.6 Å². The first kappa shape index (κ1) is 10.3. The highest BCUT2D eigenvalue weighted by atomic mass is 28.4. The van der Waals surface area contributed by atoms with Crippen molar-refractivity contribution >= 4 is 14.3 Å². The SMILES string of the molecule is C/C(O[Si](C)(C)C)=C1\CCOC1=O. The van der Waals surface area contributed by atoms with Crippen LogP contribution in [-0.2, 0) is 14.0 Å². The molecule has 0 aromatic rings. The summed E-state index contributed by atoms with van der Waals surface area (Å²) < 4.78 is 10.5. The van der Waals surface area contributed by atoms with Crippen LogP contribution in [0.2, 0.25) is 19.6 Å². The second-order valence-electron chi connectivity index (χ2n) is 4.14. The Bertz CT molecular complexity index is 250. The number of hydrogen-bond acceptors (Lipinski definition) is 3. The first-order valence-electron chi connectivity index (χ1n) is 4.46. The molecule has 1 rings (SSSR count). The Hall–Kier alpha value is -0.773. The fourth-order valence-electron chi connectivity index (χ4n) is 1.28. The fraction of sp³-hybridized carbons (Fsp3) is 0.667. The zero-order valence-corrected chi connectivity index (χ0v) is 9.64. The molecule has 0 unspecified atom stereocenters. The summed E-state index contributed by atoms with van der Waals surface area (Å²) in [6, 6.07) is 0. The van der Waals surface area contributed by atoms with E-state index in [2.05, 4.69) is 19.6 Å². The number of ether oxygens (including phenoxy) is 1. The Morgan fingerprint density at radius 1 is 1.46 bits per heavy atom. The van der Waals surface area contributed by atoms with Gasteiger partial charge in [0.1, 0.15) is 0 Å². The predicted molar refractivity (Wildman–Crippen MR) is 52.7 cm³/mol. The van der Waals surface area contributed by atoms with E-state index in [1.54, 1.807) is 0 Å². The maximum absolute atomic E-state index is 11.2. The zero-order chi connectivity index (χ0) is 10.1. The Morgan fingerprint density at radius 2 is 2.08 bits per heavy atom. The monoisotopic (exact) mass is 200 g/mol. The molecule has 0 radical (unpaired) electrons. The van der Waals surface area contributed by atoms with Crippen LogP contribution in [0.4, 0.5) is 0 Å². The van der Waals surface area contributed by atoms with Crippen molar-refractivity contribution < 1.29 is 14.0 Å². The van der Waals surface area contributed by atoms with Crippen molar-refractivity contribution in [3.8, 4) is 0 Å². The van der Waals surface area contributed by atoms with Crippen LogP contribution in [0, 0.1) is 0 Å². The first-order chi connectivity index (χ1) is 5.90. The number of carbonyl (C=O) groups excluding carboxylic acids is 1. The minimum Gasteiger partial charge on any atom is -0.547 e. The van der Waals surface area contributed by atoms with Gasteiger partial charge in [-0.2, -0.15) is 0 Å². The maximum Gasteiger partial charge on any atom is 0.337 e. The molecule has 1 saturated heterocycles. The lowest BCUT2D eigenvalue weighted by atomic mass is 10.2. The van der Waals surface area contributed by atoms with Gasteiger partial charge in [0.05, 0.1) is 17.9 Å². The highest BCUT2D eigenvalue weighted by molar-refractivity contribution is 6.70. The van der Waals surface area contributed by atoms with Crippen LogP contribution in [0.15, 0.2) is 11.3 Å². The summed E-state index contributed by atoms with van der Waals surface area (Å²) in [4.78, 5) is 11.2. The molecule has 0 N–H and O–H groups in total. The molecule has 0 saturated carbocycles. The van der Waals surface area contributed by atoms with E-state index in [-0.39, 0.29) is 5.97 Å². The summed E-state index contributed by atoms with van der Waals surface area (Å²) in [5.41, 5.74) is 0.711. The molecule has 74 valence electrons. The van der Waals surface area contributed by atoms with E-state index in [4.69, 9.17) is 9.16 Å². The minimum absolute atomic E-state index is 0.212. The molecular formula is C9H16O3Si. The molecule has 4 heteroatoms. The summed E-state index contributed by atoms with van der Waals surface area (Å²) in [7, 11) is -1.58. The van der Waals surface area contributed by atoms with Crippen molar-refractivity contribution in [3.63, 3.8) is 0 Å². The van der Waals surface area contributed by atoms with Crippen LogP contribution in [0.25, 0.3) is 0 Å². The molecule has 0 atom stereocenters. The van der Waals surface area contributed by atoms with Crippen LogP contribution in [-0.4, -0.2) is 20.9 Å². The predicted octanol–water partition coefficient (Wildman–Crippen LogP) is 2.06. The largest absolute Gasteiger partial charge is 0.547 e. The summed E-state index contributed by atoms with van der Waals surface area (Å²) in [5, 5.41) is 0. The maximum atomic E-state index is 11.2. The quantitative estimate of drug-likeness (QED) is 0.296. The van der Waals surface area contributed by atoms with Crippen LogP contribution in [0.5, 0.6) is 0 Å². The van der Waals surface area contributed by atoms with E-state index in [1.165, 1.54) is 0 Å². The van der Waals surface area contributed by atoms with Crippen LogP contribution >= 0.6 is 0 Å². The lowest BCUT2D eigenvalue weighted by molar-refractivity contribution is -0.135. The molecular weight excluding hydrogens is 184 g/mol. The van der Waals surface area contributed by atoms with E-state index >= 15 is 0 Å². The van der Waals surface area contributed by atoms with Gasteiger partial charge in [0, 0.05) is 6.42 Å².